The molecule has 0 aliphatic heterocycles. The summed E-state index contributed by atoms with van der Waals surface area (Å²) in [6.45, 7) is 5.23. The number of hydrogen-bond donors (Lipinski definition) is 2. The third-order valence-corrected chi connectivity index (χ3v) is 4.55. The highest BCUT2D eigenvalue weighted by atomic mass is 32.2. The first kappa shape index (κ1) is 17.8. The van der Waals surface area contributed by atoms with Gasteiger partial charge in [-0.1, -0.05) is 30.8 Å². The molecule has 0 aromatic heterocycles. The lowest BCUT2D eigenvalue weighted by atomic mass is 10.0. The van der Waals surface area contributed by atoms with Crippen molar-refractivity contribution < 1.29 is 19.0 Å². The summed E-state index contributed by atoms with van der Waals surface area (Å²) in [7, 11) is 0. The molecule has 0 saturated heterocycles. The molecule has 1 unspecified atom stereocenters. The summed E-state index contributed by atoms with van der Waals surface area (Å²) in [5, 5.41) is 29.8. The van der Waals surface area contributed by atoms with Gasteiger partial charge in [0.05, 0.1) is 5.69 Å². The highest BCUT2D eigenvalue weighted by Crippen LogP contribution is 2.39. The first-order chi connectivity index (χ1) is 12.4. The van der Waals surface area contributed by atoms with Crippen molar-refractivity contribution >= 4 is 39.0 Å². The molecule has 3 aromatic rings. The average Bonchev–Trinajstić information content (AvgIpc) is 2.61. The molecule has 0 aliphatic carbocycles. The fourth-order valence-electron chi connectivity index (χ4n) is 2.63. The lowest BCUT2D eigenvalue weighted by molar-refractivity contribution is 0.482. The summed E-state index contributed by atoms with van der Waals surface area (Å²) in [4.78, 5) is 0.00315. The number of rotatable bonds is 4. The molecule has 7 heteroatoms. The van der Waals surface area contributed by atoms with E-state index in [1.54, 1.807) is 19.1 Å². The van der Waals surface area contributed by atoms with Crippen LogP contribution in [0.1, 0.15) is 11.1 Å². The summed E-state index contributed by atoms with van der Waals surface area (Å²) >= 11 is -2.45. The van der Waals surface area contributed by atoms with Crippen LogP contribution in [0.15, 0.2) is 70.2 Å². The van der Waals surface area contributed by atoms with E-state index in [2.05, 4.69) is 16.8 Å². The normalized spacial score (nSPS) is 12.5. The predicted octanol–water partition coefficient (Wildman–Crippen LogP) is 5.04. The van der Waals surface area contributed by atoms with Gasteiger partial charge in [0.2, 0.25) is 0 Å². The lowest BCUT2D eigenvalue weighted by Crippen LogP contribution is -1.90. The molecule has 3 aromatic carbocycles. The Balaban J connectivity index is 2.13. The molecule has 0 aliphatic rings. The van der Waals surface area contributed by atoms with Crippen LogP contribution in [0.4, 0.5) is 11.4 Å². The van der Waals surface area contributed by atoms with Gasteiger partial charge in [-0.2, -0.15) is 0 Å². The summed E-state index contributed by atoms with van der Waals surface area (Å²) in [5.41, 5.74) is 1.36. The highest BCUT2D eigenvalue weighted by molar-refractivity contribution is 7.79. The summed E-state index contributed by atoms with van der Waals surface area (Å²) in [6.07, 6.45) is 0. The predicted molar refractivity (Wildman–Crippen MR) is 99.8 cm³/mol. The number of aromatic hydroxyl groups is 1. The van der Waals surface area contributed by atoms with E-state index in [-0.39, 0.29) is 33.3 Å². The van der Waals surface area contributed by atoms with Crippen molar-refractivity contribution in [2.75, 3.05) is 0 Å². The Hall–Kier alpha value is -3.03. The standard InChI is InChI=1S/C19H16N2O4S/c1-11-9-13-5-3-4-6-16(13)19(23)18(11)21-20-17-10-14(26(24)25)7-8-15(17)12(2)22/h3-10,22-23H,2H2,1H3,(H,24,25)/p-1. The van der Waals surface area contributed by atoms with E-state index >= 15 is 0 Å². The van der Waals surface area contributed by atoms with Gasteiger partial charge in [0.25, 0.3) is 0 Å². The molecule has 3 rings (SSSR count). The van der Waals surface area contributed by atoms with Crippen molar-refractivity contribution in [1.82, 2.24) is 0 Å². The van der Waals surface area contributed by atoms with Crippen molar-refractivity contribution in [2.45, 2.75) is 11.8 Å². The topological polar surface area (TPSA) is 105 Å². The summed E-state index contributed by atoms with van der Waals surface area (Å²) in [5.74, 6) is -0.279. The zero-order chi connectivity index (χ0) is 18.8. The van der Waals surface area contributed by atoms with Crippen LogP contribution in [-0.4, -0.2) is 19.0 Å². The van der Waals surface area contributed by atoms with Crippen LogP contribution in [0.2, 0.25) is 0 Å². The quantitative estimate of drug-likeness (QED) is 0.383. The molecule has 0 bridgehead atoms. The maximum atomic E-state index is 11.2. The largest absolute Gasteiger partial charge is 0.768 e. The van der Waals surface area contributed by atoms with Crippen LogP contribution in [0.25, 0.3) is 16.5 Å². The summed E-state index contributed by atoms with van der Waals surface area (Å²) in [6, 6.07) is 13.2. The van der Waals surface area contributed by atoms with Crippen LogP contribution in [0.3, 0.4) is 0 Å². The third kappa shape index (κ3) is 3.35. The second-order valence-corrected chi connectivity index (χ2v) is 6.61. The zero-order valence-electron chi connectivity index (χ0n) is 13.8. The molecule has 26 heavy (non-hydrogen) atoms. The monoisotopic (exact) mass is 367 g/mol. The molecular weight excluding hydrogens is 352 g/mol. The first-order valence-corrected chi connectivity index (χ1v) is 8.70. The van der Waals surface area contributed by atoms with E-state index in [4.69, 9.17) is 0 Å². The van der Waals surface area contributed by atoms with Crippen molar-refractivity contribution in [3.8, 4) is 5.75 Å². The van der Waals surface area contributed by atoms with Gasteiger partial charge < -0.3 is 14.8 Å². The van der Waals surface area contributed by atoms with Gasteiger partial charge in [-0.15, -0.1) is 10.2 Å². The highest BCUT2D eigenvalue weighted by Gasteiger charge is 2.11. The van der Waals surface area contributed by atoms with Gasteiger partial charge >= 0.3 is 0 Å². The molecule has 0 fully saturated rings. The van der Waals surface area contributed by atoms with E-state index in [1.165, 1.54) is 18.2 Å². The van der Waals surface area contributed by atoms with Gasteiger partial charge in [-0.3, -0.25) is 4.21 Å². The third-order valence-electron chi connectivity index (χ3n) is 3.92. The Morgan fingerprint density at radius 3 is 2.58 bits per heavy atom. The Labute approximate surface area is 152 Å². The number of aliphatic hydroxyl groups is 1. The van der Waals surface area contributed by atoms with Gasteiger partial charge in [-0.25, -0.2) is 0 Å². The van der Waals surface area contributed by atoms with Crippen molar-refractivity contribution in [3.63, 3.8) is 0 Å². The van der Waals surface area contributed by atoms with E-state index in [0.29, 0.717) is 10.9 Å². The molecule has 0 saturated carbocycles. The van der Waals surface area contributed by atoms with Crippen LogP contribution >= 0.6 is 0 Å². The van der Waals surface area contributed by atoms with Crippen LogP contribution in [0.5, 0.6) is 5.75 Å². The first-order valence-electron chi connectivity index (χ1n) is 7.63. The SMILES string of the molecule is C=C(O)c1ccc(S(=O)[O-])cc1N=Nc1c(C)cc2ccccc2c1O. The molecule has 6 nitrogen and oxygen atoms in total. The van der Waals surface area contributed by atoms with Crippen LogP contribution in [-0.2, 0) is 11.1 Å². The number of phenols is 1. The molecule has 0 spiro atoms. The Morgan fingerprint density at radius 1 is 1.15 bits per heavy atom. The number of benzene rings is 3. The van der Waals surface area contributed by atoms with Crippen LogP contribution in [0, 0.1) is 6.92 Å². The number of azo groups is 1. The van der Waals surface area contributed by atoms with Crippen LogP contribution < -0.4 is 0 Å². The second-order valence-electron chi connectivity index (χ2n) is 5.67. The number of aliphatic hydroxyl groups excluding tert-OH is 1. The van der Waals surface area contributed by atoms with E-state index in [9.17, 15) is 19.0 Å². The maximum absolute atomic E-state index is 11.2. The molecule has 132 valence electrons. The molecule has 2 N–H and O–H groups in total. The Kier molecular flexibility index (Phi) is 4.83. The molecular formula is C19H15N2O4S-. The lowest BCUT2D eigenvalue weighted by Gasteiger charge is -2.10. The van der Waals surface area contributed by atoms with Crippen molar-refractivity contribution in [2.24, 2.45) is 10.2 Å². The Bertz CT molecular complexity index is 1080. The van der Waals surface area contributed by atoms with E-state index in [0.717, 1.165) is 5.39 Å². The van der Waals surface area contributed by atoms with Gasteiger partial charge in [0, 0.05) is 15.8 Å². The fraction of sp³-hybridized carbons (Fsp3) is 0.0526. The average molecular weight is 367 g/mol. The maximum Gasteiger partial charge on any atom is 0.151 e. The van der Waals surface area contributed by atoms with E-state index in [1.807, 2.05) is 18.2 Å². The van der Waals surface area contributed by atoms with E-state index < -0.39 is 11.1 Å². The minimum atomic E-state index is -2.45. The Morgan fingerprint density at radius 2 is 1.88 bits per heavy atom. The smallest absolute Gasteiger partial charge is 0.151 e. The van der Waals surface area contributed by atoms with Crippen molar-refractivity contribution in [3.05, 3.63) is 66.2 Å². The number of hydrogen-bond acceptors (Lipinski definition) is 6. The zero-order valence-corrected chi connectivity index (χ0v) is 14.7. The van der Waals surface area contributed by atoms with Gasteiger partial charge in [-0.05, 0) is 53.2 Å². The molecule has 0 radical (unpaired) electrons. The van der Waals surface area contributed by atoms with Gasteiger partial charge in [0.15, 0.2) is 5.75 Å². The van der Waals surface area contributed by atoms with Crippen molar-refractivity contribution in [1.29, 1.82) is 0 Å². The molecule has 0 heterocycles. The number of phenolic OH excluding ortho intramolecular Hbond substituents is 1. The number of nitrogens with zero attached hydrogens (tertiary/aromatic N) is 2. The fourth-order valence-corrected chi connectivity index (χ4v) is 3.01. The number of fused-ring (bicyclic) bond motifs is 1. The minimum Gasteiger partial charge on any atom is -0.768 e. The number of aryl methyl sites for hydroxylation is 1. The summed E-state index contributed by atoms with van der Waals surface area (Å²) < 4.78 is 22.3. The second kappa shape index (κ2) is 7.07. The van der Waals surface area contributed by atoms with Gasteiger partial charge in [0.1, 0.15) is 11.4 Å². The minimum absolute atomic E-state index is 0.00315. The molecule has 0 amide bonds. The molecule has 1 atom stereocenters.